The summed E-state index contributed by atoms with van der Waals surface area (Å²) in [6, 6.07) is 8.11. The molecule has 2 N–H and O–H groups in total. The van der Waals surface area contributed by atoms with Crippen LogP contribution in [0.1, 0.15) is 0 Å². The van der Waals surface area contributed by atoms with Crippen LogP contribution in [0.15, 0.2) is 24.3 Å². The molecule has 0 atom stereocenters. The van der Waals surface area contributed by atoms with Crippen molar-refractivity contribution in [3.63, 3.8) is 0 Å². The van der Waals surface area contributed by atoms with Gasteiger partial charge >= 0.3 is 0 Å². The highest BCUT2D eigenvalue weighted by molar-refractivity contribution is 7.99. The molecule has 1 fully saturated rings. The van der Waals surface area contributed by atoms with Crippen molar-refractivity contribution in [3.8, 4) is 0 Å². The maximum absolute atomic E-state index is 4.51. The van der Waals surface area contributed by atoms with Crippen LogP contribution >= 0.6 is 11.8 Å². The average Bonchev–Trinajstić information content (AvgIpc) is 2.82. The van der Waals surface area contributed by atoms with Gasteiger partial charge in [0.05, 0.1) is 11.0 Å². The van der Waals surface area contributed by atoms with Crippen LogP contribution < -0.4 is 5.32 Å². The van der Waals surface area contributed by atoms with Crippen molar-refractivity contribution < 1.29 is 0 Å². The van der Waals surface area contributed by atoms with Gasteiger partial charge in [0, 0.05) is 37.7 Å². The van der Waals surface area contributed by atoms with E-state index in [1.165, 1.54) is 24.6 Å². The molecule has 96 valence electrons. The van der Waals surface area contributed by atoms with Crippen LogP contribution in [0.5, 0.6) is 0 Å². The van der Waals surface area contributed by atoms with E-state index < -0.39 is 0 Å². The van der Waals surface area contributed by atoms with E-state index in [-0.39, 0.29) is 0 Å². The third kappa shape index (κ3) is 2.79. The molecule has 1 aromatic carbocycles. The lowest BCUT2D eigenvalue weighted by Gasteiger charge is -2.25. The van der Waals surface area contributed by atoms with Gasteiger partial charge in [-0.3, -0.25) is 4.90 Å². The van der Waals surface area contributed by atoms with Gasteiger partial charge in [-0.15, -0.1) is 0 Å². The summed E-state index contributed by atoms with van der Waals surface area (Å²) >= 11 is 2.05. The standard InChI is InChI=1S/C13H18N4S/c1-2-4-12-11(3-1)15-13(16-12)14-5-6-17-7-9-18-10-8-17/h1-4H,5-10H2,(H2,14,15,16). The zero-order valence-corrected chi connectivity index (χ0v) is 11.2. The molecule has 0 saturated carbocycles. The Bertz CT molecular complexity index is 471. The Balaban J connectivity index is 1.53. The third-order valence-electron chi connectivity index (χ3n) is 3.21. The number of hydrogen-bond donors (Lipinski definition) is 2. The second-order valence-corrected chi connectivity index (χ2v) is 5.71. The van der Waals surface area contributed by atoms with Gasteiger partial charge in [-0.2, -0.15) is 11.8 Å². The van der Waals surface area contributed by atoms with Gasteiger partial charge in [-0.1, -0.05) is 12.1 Å². The number of H-pyrrole nitrogens is 1. The summed E-state index contributed by atoms with van der Waals surface area (Å²) in [5.74, 6) is 3.41. The van der Waals surface area contributed by atoms with Gasteiger partial charge in [-0.05, 0) is 12.1 Å². The first kappa shape index (κ1) is 11.9. The summed E-state index contributed by atoms with van der Waals surface area (Å²) in [4.78, 5) is 10.3. The molecule has 0 bridgehead atoms. The molecule has 0 amide bonds. The molecule has 3 rings (SSSR count). The molecule has 5 heteroatoms. The van der Waals surface area contributed by atoms with Crippen molar-refractivity contribution in [2.75, 3.05) is 43.0 Å². The number of aromatic nitrogens is 2. The lowest BCUT2D eigenvalue weighted by Crippen LogP contribution is -2.36. The molecule has 2 aromatic rings. The maximum atomic E-state index is 4.51. The third-order valence-corrected chi connectivity index (χ3v) is 4.16. The van der Waals surface area contributed by atoms with E-state index in [9.17, 15) is 0 Å². The number of rotatable bonds is 4. The first-order valence-electron chi connectivity index (χ1n) is 6.40. The second-order valence-electron chi connectivity index (χ2n) is 4.48. The number of para-hydroxylation sites is 2. The van der Waals surface area contributed by atoms with Crippen LogP contribution in [0.25, 0.3) is 11.0 Å². The number of hydrogen-bond acceptors (Lipinski definition) is 4. The van der Waals surface area contributed by atoms with E-state index in [4.69, 9.17) is 0 Å². The molecular formula is C13H18N4S. The molecule has 4 nitrogen and oxygen atoms in total. The minimum absolute atomic E-state index is 0.877. The maximum Gasteiger partial charge on any atom is 0.201 e. The number of thioether (sulfide) groups is 1. The first-order chi connectivity index (χ1) is 8.92. The molecule has 1 aliphatic rings. The largest absolute Gasteiger partial charge is 0.355 e. The summed E-state index contributed by atoms with van der Waals surface area (Å²) in [5, 5.41) is 3.37. The van der Waals surface area contributed by atoms with Gasteiger partial charge in [0.1, 0.15) is 0 Å². The topological polar surface area (TPSA) is 44.0 Å². The highest BCUT2D eigenvalue weighted by atomic mass is 32.2. The van der Waals surface area contributed by atoms with Gasteiger partial charge in [-0.25, -0.2) is 4.98 Å². The molecule has 0 unspecified atom stereocenters. The Kier molecular flexibility index (Phi) is 3.71. The Labute approximate surface area is 111 Å². The predicted octanol–water partition coefficient (Wildman–Crippen LogP) is 2.02. The predicted molar refractivity (Wildman–Crippen MR) is 78.3 cm³/mol. The van der Waals surface area contributed by atoms with Gasteiger partial charge in [0.2, 0.25) is 5.95 Å². The molecule has 2 heterocycles. The second kappa shape index (κ2) is 5.63. The number of imidazole rings is 1. The van der Waals surface area contributed by atoms with Crippen LogP contribution in [-0.2, 0) is 0 Å². The lowest BCUT2D eigenvalue weighted by molar-refractivity contribution is 0.314. The van der Waals surface area contributed by atoms with E-state index in [1.54, 1.807) is 0 Å². The van der Waals surface area contributed by atoms with E-state index >= 15 is 0 Å². The Morgan fingerprint density at radius 2 is 2.11 bits per heavy atom. The molecule has 0 radical (unpaired) electrons. The van der Waals surface area contributed by atoms with Crippen LogP contribution in [0, 0.1) is 0 Å². The number of benzene rings is 1. The van der Waals surface area contributed by atoms with Crippen molar-refractivity contribution >= 4 is 28.7 Å². The van der Waals surface area contributed by atoms with E-state index in [1.807, 2.05) is 18.2 Å². The normalized spacial score (nSPS) is 17.1. The van der Waals surface area contributed by atoms with Crippen LogP contribution in [0.4, 0.5) is 5.95 Å². The number of nitrogens with zero attached hydrogens (tertiary/aromatic N) is 2. The van der Waals surface area contributed by atoms with Gasteiger partial charge in [0.15, 0.2) is 0 Å². The minimum Gasteiger partial charge on any atom is -0.355 e. The van der Waals surface area contributed by atoms with Gasteiger partial charge < -0.3 is 10.3 Å². The molecule has 1 aromatic heterocycles. The first-order valence-corrected chi connectivity index (χ1v) is 7.56. The Morgan fingerprint density at radius 1 is 1.28 bits per heavy atom. The molecule has 0 spiro atoms. The zero-order chi connectivity index (χ0) is 12.2. The van der Waals surface area contributed by atoms with Crippen molar-refractivity contribution in [3.05, 3.63) is 24.3 Å². The monoisotopic (exact) mass is 262 g/mol. The highest BCUT2D eigenvalue weighted by Gasteiger charge is 2.09. The van der Waals surface area contributed by atoms with Crippen molar-refractivity contribution in [2.45, 2.75) is 0 Å². The van der Waals surface area contributed by atoms with Crippen LogP contribution in [0.3, 0.4) is 0 Å². The lowest BCUT2D eigenvalue weighted by atomic mass is 10.3. The van der Waals surface area contributed by atoms with E-state index in [0.717, 1.165) is 30.1 Å². The smallest absolute Gasteiger partial charge is 0.201 e. The summed E-state index contributed by atoms with van der Waals surface area (Å²) in [6.07, 6.45) is 0. The SMILES string of the molecule is c1ccc2[nH]c(NCCN3CCSCC3)nc2c1. The van der Waals surface area contributed by atoms with Crippen LogP contribution in [-0.4, -0.2) is 52.6 Å². The quantitative estimate of drug-likeness (QED) is 0.885. The van der Waals surface area contributed by atoms with Crippen molar-refractivity contribution in [2.24, 2.45) is 0 Å². The number of aromatic amines is 1. The summed E-state index contributed by atoms with van der Waals surface area (Å²) < 4.78 is 0. The molecule has 18 heavy (non-hydrogen) atoms. The van der Waals surface area contributed by atoms with E-state index in [0.29, 0.717) is 0 Å². The van der Waals surface area contributed by atoms with Crippen LogP contribution in [0.2, 0.25) is 0 Å². The van der Waals surface area contributed by atoms with Crippen molar-refractivity contribution in [1.29, 1.82) is 0 Å². The molecule has 0 aliphatic carbocycles. The fraction of sp³-hybridized carbons (Fsp3) is 0.462. The summed E-state index contributed by atoms with van der Waals surface area (Å²) in [7, 11) is 0. The highest BCUT2D eigenvalue weighted by Crippen LogP contribution is 2.13. The Hall–Kier alpha value is -1.20. The minimum atomic E-state index is 0.877. The molecule has 1 aliphatic heterocycles. The van der Waals surface area contributed by atoms with Crippen molar-refractivity contribution in [1.82, 2.24) is 14.9 Å². The Morgan fingerprint density at radius 3 is 2.94 bits per heavy atom. The zero-order valence-electron chi connectivity index (χ0n) is 10.4. The fourth-order valence-electron chi connectivity index (χ4n) is 2.19. The molecular weight excluding hydrogens is 244 g/mol. The summed E-state index contributed by atoms with van der Waals surface area (Å²) in [5.41, 5.74) is 2.11. The number of fused-ring (bicyclic) bond motifs is 1. The fourth-order valence-corrected chi connectivity index (χ4v) is 3.17. The number of nitrogens with one attached hydrogen (secondary N) is 2. The molecule has 1 saturated heterocycles. The van der Waals surface area contributed by atoms with E-state index in [2.05, 4.69) is 38.0 Å². The van der Waals surface area contributed by atoms with Gasteiger partial charge in [0.25, 0.3) is 0 Å². The number of anilines is 1. The summed E-state index contributed by atoms with van der Waals surface area (Å²) in [6.45, 7) is 4.47. The average molecular weight is 262 g/mol.